The van der Waals surface area contributed by atoms with Gasteiger partial charge in [-0.3, -0.25) is 46.5 Å². The monoisotopic (exact) mass is 1300 g/mol. The molecule has 0 aromatic heterocycles. The maximum Gasteiger partial charge on any atom is 0.323 e. The molecule has 29 nitrogen and oxygen atoms in total. The van der Waals surface area contributed by atoms with Crippen LogP contribution in [0.25, 0.3) is 21.5 Å². The third kappa shape index (κ3) is 14.2. The summed E-state index contributed by atoms with van der Waals surface area (Å²) in [5.41, 5.74) is -1.57. The Bertz CT molecular complexity index is 4850. The Morgan fingerprint density at radius 1 is 0.500 bits per heavy atom. The molecule has 0 saturated heterocycles. The van der Waals surface area contributed by atoms with E-state index in [2.05, 4.69) is 26.6 Å². The summed E-state index contributed by atoms with van der Waals surface area (Å²) in [6.07, 6.45) is 7.01. The molecule has 0 saturated carbocycles. The number of urea groups is 1. The molecule has 0 radical (unpaired) electrons. The number of hydrogen-bond acceptors (Lipinski definition) is 17. The summed E-state index contributed by atoms with van der Waals surface area (Å²) in [4.78, 5) is 61.2. The van der Waals surface area contributed by atoms with Crippen LogP contribution in [-0.4, -0.2) is 107 Å². The van der Waals surface area contributed by atoms with E-state index in [-0.39, 0.29) is 57.5 Å². The van der Waals surface area contributed by atoms with Gasteiger partial charge in [0.15, 0.2) is 0 Å². The predicted molar refractivity (Wildman–Crippen MR) is 305 cm³/mol. The molecule has 6 aromatic carbocycles. The second-order valence-electron chi connectivity index (χ2n) is 19.0. The lowest BCUT2D eigenvalue weighted by Gasteiger charge is -2.24. The molecule has 2 aliphatic carbocycles. The number of amides is 6. The van der Waals surface area contributed by atoms with Gasteiger partial charge in [0, 0.05) is 57.5 Å². The Hall–Kier alpha value is -8.59. The van der Waals surface area contributed by atoms with Crippen LogP contribution in [0.15, 0.2) is 168 Å². The smallest absolute Gasteiger partial charge is 0.323 e. The number of carbonyl (C=O) groups is 5. The molecule has 2 atom stereocenters. The second-order valence-corrected chi connectivity index (χ2v) is 27.4. The van der Waals surface area contributed by atoms with Gasteiger partial charge in [0.05, 0.1) is 33.0 Å². The largest absolute Gasteiger partial charge is 0.329 e. The zero-order valence-electron chi connectivity index (χ0n) is 43.7. The highest BCUT2D eigenvalue weighted by Gasteiger charge is 2.34. The van der Waals surface area contributed by atoms with Crippen molar-refractivity contribution in [2.75, 3.05) is 21.3 Å². The zero-order chi connectivity index (χ0) is 63.4. The van der Waals surface area contributed by atoms with Crippen LogP contribution in [0.3, 0.4) is 0 Å². The first-order valence-corrected chi connectivity index (χ1v) is 32.8. The number of hydrogen-bond donors (Lipinski definition) is 12. The van der Waals surface area contributed by atoms with Crippen LogP contribution in [0, 0.1) is 18.8 Å². The highest BCUT2D eigenvalue weighted by molar-refractivity contribution is 7.88. The van der Waals surface area contributed by atoms with Gasteiger partial charge < -0.3 is 31.9 Å². The van der Waals surface area contributed by atoms with Crippen molar-refractivity contribution < 1.29 is 102 Å². The SMILES string of the molecule is CC1=C(NC(=O)C2C=CCC(NC(=O)Nc3cccc(C(=O)Nc4cc(C(=O)Nc5c(S(=O)(=O)O)cc6ccc(S(=O)(=O)O)cc6c5S(=O)(=O)O)ccc4C)c3)=C2)CC(C(=O)Nc2c(S(=O)(=O)O)cc3ccc(S(=O)(=O)O)cc3c2S(=O)(=O)O)C=C1. The first kappa shape index (κ1) is 63.4. The van der Waals surface area contributed by atoms with Crippen LogP contribution < -0.4 is 31.9 Å². The van der Waals surface area contributed by atoms with Crippen molar-refractivity contribution in [2.24, 2.45) is 11.8 Å². The van der Waals surface area contributed by atoms with Crippen molar-refractivity contribution in [1.29, 1.82) is 0 Å². The topological polar surface area (TPSA) is 484 Å². The van der Waals surface area contributed by atoms with E-state index in [4.69, 9.17) is 0 Å². The van der Waals surface area contributed by atoms with Crippen LogP contribution in [-0.2, 0) is 70.3 Å². The van der Waals surface area contributed by atoms with Gasteiger partial charge in [-0.25, -0.2) is 4.79 Å². The van der Waals surface area contributed by atoms with E-state index >= 15 is 0 Å². The summed E-state index contributed by atoms with van der Waals surface area (Å²) in [7, 11) is -31.9. The van der Waals surface area contributed by atoms with Gasteiger partial charge in [0.25, 0.3) is 72.5 Å². The van der Waals surface area contributed by atoms with E-state index in [0.29, 0.717) is 35.4 Å². The minimum atomic E-state index is -5.58. The molecule has 6 amide bonds. The van der Waals surface area contributed by atoms with E-state index < -0.39 is 154 Å². The highest BCUT2D eigenvalue weighted by atomic mass is 32.2. The van der Waals surface area contributed by atoms with E-state index in [1.165, 1.54) is 67.6 Å². The van der Waals surface area contributed by atoms with Gasteiger partial charge in [-0.1, -0.05) is 48.6 Å². The molecule has 8 rings (SSSR count). The Labute approximate surface area is 488 Å². The zero-order valence-corrected chi connectivity index (χ0v) is 48.6. The van der Waals surface area contributed by atoms with E-state index in [1.807, 2.05) is 5.32 Å². The Balaban J connectivity index is 0.928. The highest BCUT2D eigenvalue weighted by Crippen LogP contribution is 2.40. The van der Waals surface area contributed by atoms with Crippen LogP contribution in [0.4, 0.5) is 27.5 Å². The fourth-order valence-corrected chi connectivity index (χ4v) is 13.2. The van der Waals surface area contributed by atoms with Crippen LogP contribution >= 0.6 is 0 Å². The summed E-state index contributed by atoms with van der Waals surface area (Å²) < 4.78 is 209. The summed E-state index contributed by atoms with van der Waals surface area (Å²) in [6.45, 7) is 3.08. The lowest BCUT2D eigenvalue weighted by atomic mass is 9.92. The first-order chi connectivity index (χ1) is 39.8. The molecule has 2 aliphatic rings. The third-order valence-electron chi connectivity index (χ3n) is 13.1. The molecule has 0 spiro atoms. The van der Waals surface area contributed by atoms with Crippen molar-refractivity contribution in [3.05, 3.63) is 155 Å². The fourth-order valence-electron chi connectivity index (χ4n) is 8.99. The molecular formula is C51H44N6O23S6. The molecule has 452 valence electrons. The minimum absolute atomic E-state index is 0.0265. The molecule has 35 heteroatoms. The van der Waals surface area contributed by atoms with Crippen molar-refractivity contribution in [3.63, 3.8) is 0 Å². The maximum atomic E-state index is 13.8. The molecule has 86 heavy (non-hydrogen) atoms. The normalized spacial score (nSPS) is 15.8. The number of benzene rings is 6. The summed E-state index contributed by atoms with van der Waals surface area (Å²) in [5.74, 6) is -6.20. The second kappa shape index (κ2) is 23.4. The number of aryl methyl sites for hydroxylation is 1. The summed E-state index contributed by atoms with van der Waals surface area (Å²) in [5, 5.41) is 12.4. The number of nitrogens with one attached hydrogen (secondary N) is 6. The number of carbonyl (C=O) groups excluding carboxylic acids is 5. The van der Waals surface area contributed by atoms with Gasteiger partial charge in [-0.15, -0.1) is 0 Å². The van der Waals surface area contributed by atoms with Gasteiger partial charge in [-0.05, 0) is 109 Å². The molecular weight excluding hydrogens is 1260 g/mol. The van der Waals surface area contributed by atoms with Gasteiger partial charge >= 0.3 is 6.03 Å². The van der Waals surface area contributed by atoms with Crippen LogP contribution in [0.1, 0.15) is 46.0 Å². The quantitative estimate of drug-likeness (QED) is 0.0422. The number of anilines is 4. The van der Waals surface area contributed by atoms with Crippen molar-refractivity contribution in [1.82, 2.24) is 10.6 Å². The number of fused-ring (bicyclic) bond motifs is 2. The molecule has 0 fully saturated rings. The maximum absolute atomic E-state index is 13.8. The average molecular weight is 1300 g/mol. The number of rotatable bonds is 16. The average Bonchev–Trinajstić information content (AvgIpc) is 0.815. The third-order valence-corrected chi connectivity index (χ3v) is 18.4. The van der Waals surface area contributed by atoms with Gasteiger partial charge in [0.2, 0.25) is 11.8 Å². The molecule has 12 N–H and O–H groups in total. The molecule has 0 heterocycles. The lowest BCUT2D eigenvalue weighted by molar-refractivity contribution is -0.122. The first-order valence-electron chi connectivity index (χ1n) is 24.1. The Morgan fingerprint density at radius 3 is 1.57 bits per heavy atom. The minimum Gasteiger partial charge on any atom is -0.329 e. The van der Waals surface area contributed by atoms with E-state index in [0.717, 1.165) is 30.3 Å². The molecule has 0 aliphatic heterocycles. The van der Waals surface area contributed by atoms with Crippen molar-refractivity contribution >= 4 is 135 Å². The Morgan fingerprint density at radius 2 is 1.03 bits per heavy atom. The fraction of sp³-hybridized carbons (Fsp3) is 0.118. The summed E-state index contributed by atoms with van der Waals surface area (Å²) in [6, 6.07) is 14.0. The van der Waals surface area contributed by atoms with Gasteiger partial charge in [0.1, 0.15) is 19.6 Å². The number of allylic oxidation sites excluding steroid dienone is 4. The van der Waals surface area contributed by atoms with Gasteiger partial charge in [-0.2, -0.15) is 50.5 Å². The standard InChI is InChI=1S/C51H44N6O23S6/c1-25-9-11-31(49(60)56-43-41(83(69,70)71)21-27-13-15-35(81(63,64)65)23-37(27)45(43)85(75,76)77)19-39(25)54-47(58)29-5-3-7-33(17-29)52-51(62)53-34-8-4-6-30(18-34)48(59)55-40-20-32(12-10-26(40)2)50(61)57-44-42(84(72,73)74)22-28-14-16-36(82(66,67)68)24-38(28)46(44)86(78,79)80/h3-7,9-19,21-24,30,32H,8,20H2,1-2H3,(H,54,58)(H,55,59)(H,56,60)(H,57,61)(H2,52,53,62)(H,63,64,65)(H,66,67,68)(H,69,70,71)(H,72,73,74)(H,75,76,77)(H,78,79,80). The Kier molecular flexibility index (Phi) is 17.2. The lowest BCUT2D eigenvalue weighted by Crippen LogP contribution is -2.35. The van der Waals surface area contributed by atoms with Crippen LogP contribution in [0.5, 0.6) is 0 Å². The predicted octanol–water partition coefficient (Wildman–Crippen LogP) is 5.47. The van der Waals surface area contributed by atoms with Crippen molar-refractivity contribution in [3.8, 4) is 0 Å². The van der Waals surface area contributed by atoms with Crippen LogP contribution in [0.2, 0.25) is 0 Å². The van der Waals surface area contributed by atoms with E-state index in [9.17, 15) is 102 Å². The molecule has 2 unspecified atom stereocenters. The molecule has 0 bridgehead atoms. The van der Waals surface area contributed by atoms with E-state index in [1.54, 1.807) is 13.0 Å². The summed E-state index contributed by atoms with van der Waals surface area (Å²) >= 11 is 0. The van der Waals surface area contributed by atoms with Crippen molar-refractivity contribution in [2.45, 2.75) is 56.1 Å². The molecule has 6 aromatic rings.